The van der Waals surface area contributed by atoms with Crippen molar-refractivity contribution in [2.24, 2.45) is 0 Å². The Morgan fingerprint density at radius 2 is 0.707 bits per heavy atom. The molecule has 0 radical (unpaired) electrons. The second kappa shape index (κ2) is 21.0. The lowest BCUT2D eigenvalue weighted by molar-refractivity contribution is -0.147. The van der Waals surface area contributed by atoms with Crippen LogP contribution in [0.5, 0.6) is 46.0 Å². The minimum absolute atomic E-state index is 0.0127. The van der Waals surface area contributed by atoms with Crippen molar-refractivity contribution in [2.75, 3.05) is 26.4 Å². The van der Waals surface area contributed by atoms with Gasteiger partial charge in [0.25, 0.3) is 0 Å². The third-order valence-electron chi connectivity index (χ3n) is 8.29. The van der Waals surface area contributed by atoms with Gasteiger partial charge in [-0.3, -0.25) is 0 Å². The highest BCUT2D eigenvalue weighted by molar-refractivity contribution is 5.81. The van der Waals surface area contributed by atoms with Gasteiger partial charge in [-0.1, -0.05) is 86.0 Å². The molecule has 0 bridgehead atoms. The van der Waals surface area contributed by atoms with E-state index in [2.05, 4.69) is 13.2 Å². The fraction of sp³-hybridized carbons (Fsp3) is 0.125. The first-order chi connectivity index (χ1) is 28.4. The second-order valence-electron chi connectivity index (χ2n) is 12.5. The van der Waals surface area contributed by atoms with Crippen molar-refractivity contribution in [3.05, 3.63) is 183 Å². The molecular weight excluding hydrogens is 737 g/mol. The van der Waals surface area contributed by atoms with Crippen molar-refractivity contribution >= 4 is 11.9 Å². The van der Waals surface area contributed by atoms with Crippen LogP contribution in [0.2, 0.25) is 0 Å². The van der Waals surface area contributed by atoms with Gasteiger partial charge in [-0.15, -0.1) is 0 Å². The van der Waals surface area contributed by atoms with Crippen LogP contribution in [0.4, 0.5) is 0 Å². The Kier molecular flexibility index (Phi) is 14.6. The van der Waals surface area contributed by atoms with Gasteiger partial charge in [-0.2, -0.15) is 0 Å². The summed E-state index contributed by atoms with van der Waals surface area (Å²) in [6.07, 6.45) is 0.621. The van der Waals surface area contributed by atoms with Crippen molar-refractivity contribution in [2.45, 2.75) is 12.2 Å². The molecule has 10 nitrogen and oxygen atoms in total. The van der Waals surface area contributed by atoms with E-state index in [1.54, 1.807) is 48.5 Å². The third-order valence-corrected chi connectivity index (χ3v) is 8.29. The van der Waals surface area contributed by atoms with E-state index in [9.17, 15) is 9.59 Å². The summed E-state index contributed by atoms with van der Waals surface area (Å²) >= 11 is 0. The molecule has 0 aliphatic carbocycles. The summed E-state index contributed by atoms with van der Waals surface area (Å²) in [5.74, 6) is 3.65. The Morgan fingerprint density at radius 3 is 1.09 bits per heavy atom. The summed E-state index contributed by atoms with van der Waals surface area (Å²) in [5.41, 5.74) is 1.44. The summed E-state index contributed by atoms with van der Waals surface area (Å²) < 4.78 is 47.4. The lowest BCUT2D eigenvalue weighted by Gasteiger charge is -2.21. The Balaban J connectivity index is 1.08. The summed E-state index contributed by atoms with van der Waals surface area (Å²) in [6, 6.07) is 48.0. The van der Waals surface area contributed by atoms with Crippen LogP contribution < -0.4 is 28.4 Å². The Bertz CT molecular complexity index is 2060. The molecule has 0 N–H and O–H groups in total. The van der Waals surface area contributed by atoms with E-state index in [1.165, 1.54) is 0 Å². The van der Waals surface area contributed by atoms with Crippen molar-refractivity contribution < 1.29 is 47.5 Å². The van der Waals surface area contributed by atoms with Gasteiger partial charge < -0.3 is 37.9 Å². The van der Waals surface area contributed by atoms with Crippen LogP contribution in [-0.4, -0.2) is 50.6 Å². The summed E-state index contributed by atoms with van der Waals surface area (Å²) in [4.78, 5) is 24.6. The molecule has 6 aromatic carbocycles. The quantitative estimate of drug-likeness (QED) is 0.0518. The van der Waals surface area contributed by atoms with Crippen LogP contribution in [0.3, 0.4) is 0 Å². The van der Waals surface area contributed by atoms with Crippen molar-refractivity contribution in [3.63, 3.8) is 0 Å². The molecule has 0 saturated heterocycles. The van der Waals surface area contributed by atoms with Gasteiger partial charge in [0, 0.05) is 23.3 Å². The topological polar surface area (TPSA) is 108 Å². The molecule has 0 aliphatic heterocycles. The van der Waals surface area contributed by atoms with E-state index in [-0.39, 0.29) is 26.4 Å². The van der Waals surface area contributed by atoms with Crippen LogP contribution in [0.25, 0.3) is 11.1 Å². The van der Waals surface area contributed by atoms with E-state index in [0.717, 1.165) is 34.8 Å². The van der Waals surface area contributed by atoms with Crippen LogP contribution in [0.15, 0.2) is 183 Å². The number of carbonyl (C=O) groups excluding carboxylic acids is 2. The number of carbonyl (C=O) groups is 2. The Hall–Kier alpha value is -7.46. The highest BCUT2D eigenvalue weighted by Gasteiger charge is 2.20. The van der Waals surface area contributed by atoms with Gasteiger partial charge in [0.05, 0.1) is 0 Å². The van der Waals surface area contributed by atoms with E-state index in [1.807, 2.05) is 109 Å². The van der Waals surface area contributed by atoms with Gasteiger partial charge in [0.2, 0.25) is 0 Å². The fourth-order valence-electron chi connectivity index (χ4n) is 5.49. The lowest BCUT2D eigenvalue weighted by atomic mass is 10.0. The Labute approximate surface area is 337 Å². The first kappa shape index (κ1) is 40.2. The minimum atomic E-state index is -0.779. The normalized spacial score (nSPS) is 11.5. The summed E-state index contributed by atoms with van der Waals surface area (Å²) in [6.45, 7) is 7.02. The van der Waals surface area contributed by atoms with Crippen molar-refractivity contribution in [1.82, 2.24) is 0 Å². The number of ether oxygens (including phenoxy) is 8. The number of hydrogen-bond donors (Lipinski definition) is 0. The average Bonchev–Trinajstić information content (AvgIpc) is 3.27. The summed E-state index contributed by atoms with van der Waals surface area (Å²) in [5, 5.41) is 0. The van der Waals surface area contributed by atoms with Gasteiger partial charge in [-0.05, 0) is 84.9 Å². The highest BCUT2D eigenvalue weighted by Crippen LogP contribution is 2.37. The smallest absolute Gasteiger partial charge is 0.330 e. The summed E-state index contributed by atoms with van der Waals surface area (Å²) in [7, 11) is 0. The molecule has 0 fully saturated rings. The molecule has 294 valence electrons. The Morgan fingerprint density at radius 1 is 0.397 bits per heavy atom. The number of benzene rings is 6. The maximum atomic E-state index is 12.3. The van der Waals surface area contributed by atoms with Gasteiger partial charge >= 0.3 is 11.9 Å². The van der Waals surface area contributed by atoms with Crippen LogP contribution in [0, 0.1) is 0 Å². The molecule has 0 aliphatic rings. The maximum absolute atomic E-state index is 12.3. The van der Waals surface area contributed by atoms with Gasteiger partial charge in [0.1, 0.15) is 72.4 Å². The number of esters is 2. The molecule has 0 aromatic heterocycles. The number of para-hydroxylation sites is 4. The first-order valence-electron chi connectivity index (χ1n) is 18.5. The molecule has 0 saturated carbocycles. The number of rotatable bonds is 21. The first-order valence-corrected chi connectivity index (χ1v) is 18.5. The SMILES string of the molecule is C=CC(=O)OC(COc1ccc(Oc2ccccc2)cc1)COc1ccccc1-c1ccccc1OCC(COc1ccc(Oc2ccccc2)cc1)OC(=O)C=C. The average molecular weight is 779 g/mol. The van der Waals surface area contributed by atoms with Crippen LogP contribution >= 0.6 is 0 Å². The molecule has 2 unspecified atom stereocenters. The minimum Gasteiger partial charge on any atom is -0.490 e. The zero-order chi connectivity index (χ0) is 40.4. The molecular formula is C48H42O10. The zero-order valence-corrected chi connectivity index (χ0v) is 31.6. The molecule has 2 atom stereocenters. The lowest BCUT2D eigenvalue weighted by Crippen LogP contribution is -2.31. The molecule has 10 heteroatoms. The standard InChI is InChI=1S/C48H42O10/c1-3-47(49)57-41(31-51-35-23-27-39(28-24-35)55-37-15-7-5-8-16-37)33-53-45-21-13-11-19-43(45)44-20-12-14-22-46(44)54-34-42(58-48(50)4-2)32-52-36-25-29-40(30-26-36)56-38-17-9-6-10-18-38/h3-30,41-42H,1-2,31-34H2. The van der Waals surface area contributed by atoms with E-state index in [0.29, 0.717) is 34.5 Å². The van der Waals surface area contributed by atoms with Crippen LogP contribution in [0.1, 0.15) is 0 Å². The molecule has 6 aromatic rings. The van der Waals surface area contributed by atoms with Crippen LogP contribution in [-0.2, 0) is 19.1 Å². The van der Waals surface area contributed by atoms with Gasteiger partial charge in [-0.25, -0.2) is 9.59 Å². The molecule has 58 heavy (non-hydrogen) atoms. The van der Waals surface area contributed by atoms with E-state index in [4.69, 9.17) is 37.9 Å². The predicted octanol–water partition coefficient (Wildman–Crippen LogP) is 10.0. The van der Waals surface area contributed by atoms with Crippen molar-refractivity contribution in [1.29, 1.82) is 0 Å². The number of hydrogen-bond acceptors (Lipinski definition) is 10. The molecule has 0 heterocycles. The highest BCUT2D eigenvalue weighted by atomic mass is 16.6. The largest absolute Gasteiger partial charge is 0.490 e. The van der Waals surface area contributed by atoms with Gasteiger partial charge in [0.15, 0.2) is 12.2 Å². The van der Waals surface area contributed by atoms with Crippen molar-refractivity contribution in [3.8, 4) is 57.1 Å². The maximum Gasteiger partial charge on any atom is 0.330 e. The predicted molar refractivity (Wildman–Crippen MR) is 220 cm³/mol. The van der Waals surface area contributed by atoms with E-state index >= 15 is 0 Å². The molecule has 0 amide bonds. The monoisotopic (exact) mass is 778 g/mol. The third kappa shape index (κ3) is 12.3. The second-order valence-corrected chi connectivity index (χ2v) is 12.5. The fourth-order valence-corrected chi connectivity index (χ4v) is 5.49. The van der Waals surface area contributed by atoms with E-state index < -0.39 is 24.1 Å². The molecule has 6 rings (SSSR count). The molecule has 0 spiro atoms. The zero-order valence-electron chi connectivity index (χ0n) is 31.6.